The molecular formula is C20H19N3O4S. The molecule has 1 aliphatic carbocycles. The summed E-state index contributed by atoms with van der Waals surface area (Å²) in [6.07, 6.45) is 1.89. The monoisotopic (exact) mass is 397 g/mol. The van der Waals surface area contributed by atoms with Gasteiger partial charge in [-0.15, -0.1) is 0 Å². The number of amides is 2. The van der Waals surface area contributed by atoms with Crippen LogP contribution in [0, 0.1) is 5.92 Å². The van der Waals surface area contributed by atoms with Crippen LogP contribution in [-0.4, -0.2) is 30.5 Å². The van der Waals surface area contributed by atoms with Gasteiger partial charge in [-0.1, -0.05) is 17.4 Å². The molecule has 0 spiro atoms. The number of nitrogens with one attached hydrogen (secondary N) is 2. The molecule has 2 amide bonds. The SMILES string of the molecule is COc1ccc2nc(NC(=O)COc3cccc(NC(=O)C4CC4)c3)sc2c1. The van der Waals surface area contributed by atoms with Crippen LogP contribution in [-0.2, 0) is 9.59 Å². The summed E-state index contributed by atoms with van der Waals surface area (Å²) in [7, 11) is 1.61. The first-order valence-corrected chi connectivity index (χ1v) is 9.70. The Kier molecular flexibility index (Phi) is 5.12. The predicted octanol–water partition coefficient (Wildman–Crippen LogP) is 3.67. The summed E-state index contributed by atoms with van der Waals surface area (Å²) in [6.45, 7) is -0.154. The van der Waals surface area contributed by atoms with Crippen LogP contribution >= 0.6 is 11.3 Å². The maximum Gasteiger partial charge on any atom is 0.264 e. The lowest BCUT2D eigenvalue weighted by atomic mass is 10.3. The minimum Gasteiger partial charge on any atom is -0.497 e. The molecule has 1 saturated carbocycles. The van der Waals surface area contributed by atoms with Crippen molar-refractivity contribution in [2.45, 2.75) is 12.8 Å². The lowest BCUT2D eigenvalue weighted by Gasteiger charge is -2.08. The zero-order valence-corrected chi connectivity index (χ0v) is 16.0. The normalized spacial score (nSPS) is 13.2. The van der Waals surface area contributed by atoms with E-state index in [1.807, 2.05) is 18.2 Å². The molecule has 0 saturated heterocycles. The predicted molar refractivity (Wildman–Crippen MR) is 108 cm³/mol. The maximum absolute atomic E-state index is 12.2. The van der Waals surface area contributed by atoms with Crippen LogP contribution in [0.25, 0.3) is 10.2 Å². The molecule has 0 unspecified atom stereocenters. The highest BCUT2D eigenvalue weighted by Crippen LogP contribution is 2.31. The molecule has 3 aromatic rings. The van der Waals surface area contributed by atoms with Gasteiger partial charge < -0.3 is 14.8 Å². The van der Waals surface area contributed by atoms with Gasteiger partial charge in [-0.2, -0.15) is 0 Å². The van der Waals surface area contributed by atoms with E-state index >= 15 is 0 Å². The molecule has 2 aromatic carbocycles. The number of ether oxygens (including phenoxy) is 2. The second-order valence-electron chi connectivity index (χ2n) is 6.48. The molecule has 0 radical (unpaired) electrons. The zero-order chi connectivity index (χ0) is 19.5. The van der Waals surface area contributed by atoms with Gasteiger partial charge in [0.05, 0.1) is 17.3 Å². The molecule has 144 valence electrons. The number of aromatic nitrogens is 1. The summed E-state index contributed by atoms with van der Waals surface area (Å²) in [6, 6.07) is 12.6. The number of methoxy groups -OCH3 is 1. The minimum atomic E-state index is -0.307. The molecule has 0 aliphatic heterocycles. The third kappa shape index (κ3) is 4.40. The smallest absolute Gasteiger partial charge is 0.264 e. The van der Waals surface area contributed by atoms with Crippen LogP contribution in [0.1, 0.15) is 12.8 Å². The number of fused-ring (bicyclic) bond motifs is 1. The van der Waals surface area contributed by atoms with Crippen molar-refractivity contribution in [2.24, 2.45) is 5.92 Å². The number of anilines is 2. The number of benzene rings is 2. The van der Waals surface area contributed by atoms with Crippen LogP contribution in [0.15, 0.2) is 42.5 Å². The van der Waals surface area contributed by atoms with Crippen molar-refractivity contribution >= 4 is 44.2 Å². The molecular weight excluding hydrogens is 378 g/mol. The number of carbonyl (C=O) groups is 2. The molecule has 0 bridgehead atoms. The van der Waals surface area contributed by atoms with Crippen molar-refractivity contribution in [3.8, 4) is 11.5 Å². The van der Waals surface area contributed by atoms with Gasteiger partial charge in [0, 0.05) is 17.7 Å². The van der Waals surface area contributed by atoms with Gasteiger partial charge in [0.2, 0.25) is 5.91 Å². The number of thiazole rings is 1. The van der Waals surface area contributed by atoms with Gasteiger partial charge in [-0.3, -0.25) is 14.9 Å². The second-order valence-corrected chi connectivity index (χ2v) is 7.51. The molecule has 4 rings (SSSR count). The topological polar surface area (TPSA) is 89.6 Å². The van der Waals surface area contributed by atoms with Crippen LogP contribution < -0.4 is 20.1 Å². The summed E-state index contributed by atoms with van der Waals surface area (Å²) in [5, 5.41) is 6.10. The van der Waals surface area contributed by atoms with Gasteiger partial charge in [0.25, 0.3) is 5.91 Å². The summed E-state index contributed by atoms with van der Waals surface area (Å²) in [5.41, 5.74) is 1.45. The molecule has 1 aromatic heterocycles. The van der Waals surface area contributed by atoms with Crippen LogP contribution in [0.2, 0.25) is 0 Å². The second kappa shape index (κ2) is 7.85. The van der Waals surface area contributed by atoms with Gasteiger partial charge in [0.1, 0.15) is 11.5 Å². The van der Waals surface area contributed by atoms with Crippen molar-refractivity contribution in [2.75, 3.05) is 24.4 Å². The number of rotatable bonds is 7. The third-order valence-electron chi connectivity index (χ3n) is 4.26. The summed E-state index contributed by atoms with van der Waals surface area (Å²) >= 11 is 1.37. The molecule has 28 heavy (non-hydrogen) atoms. The Labute approximate surface area is 165 Å². The average Bonchev–Trinajstić information content (AvgIpc) is 3.47. The van der Waals surface area contributed by atoms with E-state index in [9.17, 15) is 9.59 Å². The fourth-order valence-corrected chi connectivity index (χ4v) is 3.55. The molecule has 1 heterocycles. The van der Waals surface area contributed by atoms with Crippen molar-refractivity contribution in [3.63, 3.8) is 0 Å². The number of nitrogens with zero attached hydrogens (tertiary/aromatic N) is 1. The van der Waals surface area contributed by atoms with E-state index in [4.69, 9.17) is 9.47 Å². The van der Waals surface area contributed by atoms with Gasteiger partial charge in [-0.25, -0.2) is 4.98 Å². The number of hydrogen-bond acceptors (Lipinski definition) is 6. The van der Waals surface area contributed by atoms with E-state index in [0.717, 1.165) is 28.8 Å². The largest absolute Gasteiger partial charge is 0.497 e. The summed E-state index contributed by atoms with van der Waals surface area (Å²) in [4.78, 5) is 28.4. The van der Waals surface area contributed by atoms with Crippen molar-refractivity contribution in [3.05, 3.63) is 42.5 Å². The zero-order valence-electron chi connectivity index (χ0n) is 15.2. The molecule has 0 atom stereocenters. The lowest BCUT2D eigenvalue weighted by molar-refractivity contribution is -0.118. The van der Waals surface area contributed by atoms with E-state index in [1.54, 1.807) is 31.4 Å². The van der Waals surface area contributed by atoms with E-state index in [2.05, 4.69) is 15.6 Å². The third-order valence-corrected chi connectivity index (χ3v) is 5.20. The van der Waals surface area contributed by atoms with Crippen LogP contribution in [0.4, 0.5) is 10.8 Å². The van der Waals surface area contributed by atoms with E-state index in [1.165, 1.54) is 11.3 Å². The Morgan fingerprint density at radius 1 is 1.14 bits per heavy atom. The van der Waals surface area contributed by atoms with Crippen LogP contribution in [0.5, 0.6) is 11.5 Å². The first-order chi connectivity index (χ1) is 13.6. The standard InChI is InChI=1S/C20H19N3O4S/c1-26-14-7-8-16-17(10-14)28-20(22-16)23-18(24)11-27-15-4-2-3-13(9-15)21-19(25)12-5-6-12/h2-4,7-10,12H,5-6,11H2,1H3,(H,21,25)(H,22,23,24). The quantitative estimate of drug-likeness (QED) is 0.635. The first-order valence-electron chi connectivity index (χ1n) is 8.89. The highest BCUT2D eigenvalue weighted by Gasteiger charge is 2.29. The summed E-state index contributed by atoms with van der Waals surface area (Å²) < 4.78 is 11.7. The number of hydrogen-bond donors (Lipinski definition) is 2. The Hall–Kier alpha value is -3.13. The van der Waals surface area contributed by atoms with E-state index in [-0.39, 0.29) is 24.3 Å². The Balaban J connectivity index is 1.33. The molecule has 2 N–H and O–H groups in total. The van der Waals surface area contributed by atoms with Crippen LogP contribution in [0.3, 0.4) is 0 Å². The number of carbonyl (C=O) groups excluding carboxylic acids is 2. The Morgan fingerprint density at radius 3 is 2.79 bits per heavy atom. The maximum atomic E-state index is 12.2. The fraction of sp³-hybridized carbons (Fsp3) is 0.250. The minimum absolute atomic E-state index is 0.0300. The first kappa shape index (κ1) is 18.2. The summed E-state index contributed by atoms with van der Waals surface area (Å²) in [5.74, 6) is 1.11. The lowest BCUT2D eigenvalue weighted by Crippen LogP contribution is -2.20. The van der Waals surface area contributed by atoms with Gasteiger partial charge >= 0.3 is 0 Å². The van der Waals surface area contributed by atoms with Crippen molar-refractivity contribution < 1.29 is 19.1 Å². The highest BCUT2D eigenvalue weighted by molar-refractivity contribution is 7.22. The van der Waals surface area contributed by atoms with Gasteiger partial charge in [0.15, 0.2) is 11.7 Å². The Bertz CT molecular complexity index is 1030. The van der Waals surface area contributed by atoms with E-state index in [0.29, 0.717) is 16.6 Å². The molecule has 1 fully saturated rings. The highest BCUT2D eigenvalue weighted by atomic mass is 32.1. The molecule has 7 nitrogen and oxygen atoms in total. The molecule has 8 heteroatoms. The Morgan fingerprint density at radius 2 is 2.00 bits per heavy atom. The van der Waals surface area contributed by atoms with E-state index < -0.39 is 0 Å². The van der Waals surface area contributed by atoms with Gasteiger partial charge in [-0.05, 0) is 43.2 Å². The average molecular weight is 397 g/mol. The van der Waals surface area contributed by atoms with Crippen molar-refractivity contribution in [1.29, 1.82) is 0 Å². The van der Waals surface area contributed by atoms with Crippen molar-refractivity contribution in [1.82, 2.24) is 4.98 Å². The molecule has 1 aliphatic rings. The fourth-order valence-electron chi connectivity index (χ4n) is 2.64.